The summed E-state index contributed by atoms with van der Waals surface area (Å²) in [5.74, 6) is 0.947. The SMILES string of the molecule is COC(=O)[C@H]1C(=O)C[C@@H]2CSC[C@H]1N2C. The number of ketones is 1. The molecule has 2 rings (SSSR count). The van der Waals surface area contributed by atoms with Gasteiger partial charge in [0, 0.05) is 30.0 Å². The molecule has 0 aliphatic carbocycles. The van der Waals surface area contributed by atoms with E-state index >= 15 is 0 Å². The van der Waals surface area contributed by atoms with Gasteiger partial charge in [0.05, 0.1) is 7.11 Å². The number of nitrogens with zero attached hydrogens (tertiary/aromatic N) is 1. The summed E-state index contributed by atoms with van der Waals surface area (Å²) in [6.07, 6.45) is 0.486. The Hall–Kier alpha value is -0.550. The molecule has 0 aromatic carbocycles. The first-order valence-electron chi connectivity index (χ1n) is 5.05. The maximum Gasteiger partial charge on any atom is 0.317 e. The van der Waals surface area contributed by atoms with Gasteiger partial charge in [0.2, 0.25) is 0 Å². The number of hydrogen-bond acceptors (Lipinski definition) is 5. The Labute approximate surface area is 93.3 Å². The molecule has 84 valence electrons. The quantitative estimate of drug-likeness (QED) is 0.473. The lowest BCUT2D eigenvalue weighted by atomic mass is 9.85. The predicted octanol–water partition coefficient (Wildman–Crippen LogP) is 0.164. The van der Waals surface area contributed by atoms with E-state index in [1.807, 2.05) is 18.8 Å². The van der Waals surface area contributed by atoms with Gasteiger partial charge in [0.15, 0.2) is 0 Å². The van der Waals surface area contributed by atoms with E-state index in [2.05, 4.69) is 4.90 Å². The molecule has 2 aliphatic rings. The second-order valence-corrected chi connectivity index (χ2v) is 5.17. The van der Waals surface area contributed by atoms with Crippen molar-refractivity contribution < 1.29 is 14.3 Å². The standard InChI is InChI=1S/C10H15NO3S/c1-11-6-3-8(12)9(10(13)14-2)7(11)5-15-4-6/h6-7,9H,3-5H2,1-2H3/t6-,7-,9-/m1/s1. The second kappa shape index (κ2) is 4.14. The Morgan fingerprint density at radius 3 is 2.93 bits per heavy atom. The van der Waals surface area contributed by atoms with E-state index in [-0.39, 0.29) is 17.8 Å². The molecule has 0 N–H and O–H groups in total. The molecular formula is C10H15NO3S. The number of carbonyl (C=O) groups excluding carboxylic acids is 2. The van der Waals surface area contributed by atoms with Crippen LogP contribution in [-0.4, -0.2) is 54.4 Å². The molecule has 15 heavy (non-hydrogen) atoms. The zero-order chi connectivity index (χ0) is 11.0. The van der Waals surface area contributed by atoms with Gasteiger partial charge in [-0.05, 0) is 7.05 Å². The van der Waals surface area contributed by atoms with E-state index in [1.165, 1.54) is 7.11 Å². The lowest BCUT2D eigenvalue weighted by Crippen LogP contribution is -2.59. The summed E-state index contributed by atoms with van der Waals surface area (Å²) in [6.45, 7) is 0. The normalized spacial score (nSPS) is 36.4. The first-order chi connectivity index (χ1) is 7.15. The van der Waals surface area contributed by atoms with E-state index in [9.17, 15) is 9.59 Å². The Morgan fingerprint density at radius 2 is 2.27 bits per heavy atom. The van der Waals surface area contributed by atoms with Gasteiger partial charge in [-0.15, -0.1) is 0 Å². The highest BCUT2D eigenvalue weighted by atomic mass is 32.2. The Kier molecular flexibility index (Phi) is 3.02. The molecule has 2 fully saturated rings. The summed E-state index contributed by atoms with van der Waals surface area (Å²) in [5.41, 5.74) is 0. The summed E-state index contributed by atoms with van der Waals surface area (Å²) >= 11 is 1.82. The van der Waals surface area contributed by atoms with Crippen molar-refractivity contribution in [3.05, 3.63) is 0 Å². The van der Waals surface area contributed by atoms with Crippen LogP contribution in [0.2, 0.25) is 0 Å². The average Bonchev–Trinajstić information content (AvgIpc) is 2.20. The number of Topliss-reactive ketones (excluding diaryl/α,β-unsaturated/α-hetero) is 1. The lowest BCUT2D eigenvalue weighted by Gasteiger charge is -2.45. The summed E-state index contributed by atoms with van der Waals surface area (Å²) < 4.78 is 4.70. The minimum Gasteiger partial charge on any atom is -0.468 e. The van der Waals surface area contributed by atoms with Crippen LogP contribution in [0.25, 0.3) is 0 Å². The fourth-order valence-electron chi connectivity index (χ4n) is 2.35. The zero-order valence-electron chi connectivity index (χ0n) is 8.93. The van der Waals surface area contributed by atoms with E-state index in [4.69, 9.17) is 4.74 Å². The van der Waals surface area contributed by atoms with Crippen LogP contribution in [-0.2, 0) is 14.3 Å². The van der Waals surface area contributed by atoms with E-state index < -0.39 is 5.92 Å². The van der Waals surface area contributed by atoms with Crippen molar-refractivity contribution in [2.75, 3.05) is 25.7 Å². The molecule has 2 aliphatic heterocycles. The molecular weight excluding hydrogens is 214 g/mol. The fourth-order valence-corrected chi connectivity index (χ4v) is 3.78. The molecule has 2 heterocycles. The highest BCUT2D eigenvalue weighted by Gasteiger charge is 2.46. The van der Waals surface area contributed by atoms with Crippen molar-refractivity contribution in [1.82, 2.24) is 4.90 Å². The summed E-state index contributed by atoms with van der Waals surface area (Å²) in [4.78, 5) is 25.5. The van der Waals surface area contributed by atoms with Gasteiger partial charge >= 0.3 is 5.97 Å². The highest BCUT2D eigenvalue weighted by molar-refractivity contribution is 7.99. The molecule has 3 atom stereocenters. The first kappa shape index (κ1) is 11.0. The monoisotopic (exact) mass is 229 g/mol. The zero-order valence-corrected chi connectivity index (χ0v) is 9.75. The van der Waals surface area contributed by atoms with Crippen LogP contribution in [0.4, 0.5) is 0 Å². The van der Waals surface area contributed by atoms with Gasteiger partial charge in [-0.3, -0.25) is 14.5 Å². The van der Waals surface area contributed by atoms with Crippen molar-refractivity contribution in [2.24, 2.45) is 5.92 Å². The van der Waals surface area contributed by atoms with Gasteiger partial charge in [-0.25, -0.2) is 0 Å². The van der Waals surface area contributed by atoms with Crippen molar-refractivity contribution in [1.29, 1.82) is 0 Å². The minimum absolute atomic E-state index is 0.0300. The number of ether oxygens (including phenoxy) is 1. The molecule has 0 unspecified atom stereocenters. The Morgan fingerprint density at radius 1 is 1.53 bits per heavy atom. The maximum absolute atomic E-state index is 11.8. The van der Waals surface area contributed by atoms with Crippen molar-refractivity contribution >= 4 is 23.5 Å². The largest absolute Gasteiger partial charge is 0.468 e. The predicted molar refractivity (Wildman–Crippen MR) is 57.8 cm³/mol. The van der Waals surface area contributed by atoms with Gasteiger partial charge in [-0.2, -0.15) is 11.8 Å². The molecule has 0 aromatic rings. The van der Waals surface area contributed by atoms with Crippen LogP contribution < -0.4 is 0 Å². The number of fused-ring (bicyclic) bond motifs is 2. The fraction of sp³-hybridized carbons (Fsp3) is 0.800. The summed E-state index contributed by atoms with van der Waals surface area (Å²) in [7, 11) is 3.34. The number of hydrogen-bond donors (Lipinski definition) is 0. The summed E-state index contributed by atoms with van der Waals surface area (Å²) in [5, 5.41) is 0. The third kappa shape index (κ3) is 1.78. The van der Waals surface area contributed by atoms with E-state index in [0.717, 1.165) is 11.5 Å². The number of methoxy groups -OCH3 is 1. The topological polar surface area (TPSA) is 46.6 Å². The molecule has 0 amide bonds. The number of carbonyl (C=O) groups is 2. The third-order valence-electron chi connectivity index (χ3n) is 3.32. The van der Waals surface area contributed by atoms with E-state index in [1.54, 1.807) is 0 Å². The Balaban J connectivity index is 2.22. The molecule has 0 spiro atoms. The number of thioether (sulfide) groups is 1. The first-order valence-corrected chi connectivity index (χ1v) is 6.21. The molecule has 0 aromatic heterocycles. The van der Waals surface area contributed by atoms with Crippen LogP contribution in [0.5, 0.6) is 0 Å². The highest BCUT2D eigenvalue weighted by Crippen LogP contribution is 2.33. The molecule has 0 saturated carbocycles. The van der Waals surface area contributed by atoms with E-state index in [0.29, 0.717) is 12.5 Å². The van der Waals surface area contributed by atoms with Gasteiger partial charge < -0.3 is 4.74 Å². The molecule has 2 saturated heterocycles. The van der Waals surface area contributed by atoms with Gasteiger partial charge in [0.25, 0.3) is 0 Å². The van der Waals surface area contributed by atoms with Crippen LogP contribution in [0.15, 0.2) is 0 Å². The molecule has 5 heteroatoms. The smallest absolute Gasteiger partial charge is 0.317 e. The van der Waals surface area contributed by atoms with Crippen LogP contribution in [0.1, 0.15) is 6.42 Å². The van der Waals surface area contributed by atoms with Crippen LogP contribution >= 0.6 is 11.8 Å². The van der Waals surface area contributed by atoms with Crippen molar-refractivity contribution in [3.8, 4) is 0 Å². The number of esters is 1. The van der Waals surface area contributed by atoms with Gasteiger partial charge in [0.1, 0.15) is 11.7 Å². The minimum atomic E-state index is -0.566. The maximum atomic E-state index is 11.8. The second-order valence-electron chi connectivity index (χ2n) is 4.10. The summed E-state index contributed by atoms with van der Waals surface area (Å²) in [6, 6.07) is 0.338. The third-order valence-corrected chi connectivity index (χ3v) is 4.52. The van der Waals surface area contributed by atoms with Crippen molar-refractivity contribution in [3.63, 3.8) is 0 Å². The number of piperidine rings is 1. The molecule has 2 bridgehead atoms. The van der Waals surface area contributed by atoms with Crippen LogP contribution in [0, 0.1) is 5.92 Å². The van der Waals surface area contributed by atoms with Crippen molar-refractivity contribution in [2.45, 2.75) is 18.5 Å². The average molecular weight is 229 g/mol. The molecule has 0 radical (unpaired) electrons. The Bertz CT molecular complexity index is 294. The number of rotatable bonds is 1. The van der Waals surface area contributed by atoms with Crippen LogP contribution in [0.3, 0.4) is 0 Å². The van der Waals surface area contributed by atoms with Gasteiger partial charge in [-0.1, -0.05) is 0 Å². The molecule has 4 nitrogen and oxygen atoms in total. The lowest BCUT2D eigenvalue weighted by molar-refractivity contribution is -0.155.